The second-order valence-electron chi connectivity index (χ2n) is 4.52. The van der Waals surface area contributed by atoms with Crippen LogP contribution in [0.25, 0.3) is 21.7 Å². The molecule has 1 nitrogen and oxygen atoms in total. The number of alkyl halides is 3. The van der Waals surface area contributed by atoms with Crippen LogP contribution in [-0.2, 0) is 6.18 Å². The van der Waals surface area contributed by atoms with Gasteiger partial charge in [-0.15, -0.1) is 0 Å². The second-order valence-corrected chi connectivity index (χ2v) is 5.32. The predicted molar refractivity (Wildman–Crippen MR) is 78.0 cm³/mol. The van der Waals surface area contributed by atoms with E-state index < -0.39 is 11.7 Å². The first kappa shape index (κ1) is 13.8. The molecule has 0 spiro atoms. The Balaban J connectivity index is 1.90. The molecule has 2 aromatic carbocycles. The van der Waals surface area contributed by atoms with Crippen LogP contribution in [0.2, 0.25) is 0 Å². The summed E-state index contributed by atoms with van der Waals surface area (Å²) in [6.45, 7) is 0. The molecule has 1 aromatic heterocycles. The molecule has 5 heteroatoms. The van der Waals surface area contributed by atoms with E-state index in [1.807, 2.05) is 36.4 Å². The average molecular weight is 305 g/mol. The predicted octanol–water partition coefficient (Wildman–Crippen LogP) is 5.50. The molecule has 0 aliphatic carbocycles. The van der Waals surface area contributed by atoms with E-state index in [1.54, 1.807) is 0 Å². The van der Waals surface area contributed by atoms with Gasteiger partial charge in [0.1, 0.15) is 0 Å². The van der Waals surface area contributed by atoms with Crippen molar-refractivity contribution in [2.75, 3.05) is 0 Å². The van der Waals surface area contributed by atoms with Gasteiger partial charge in [-0.05, 0) is 35.3 Å². The van der Waals surface area contributed by atoms with Gasteiger partial charge in [0.15, 0.2) is 0 Å². The van der Waals surface area contributed by atoms with Crippen LogP contribution in [0.15, 0.2) is 60.7 Å². The number of aromatic nitrogens is 1. The summed E-state index contributed by atoms with van der Waals surface area (Å²) < 4.78 is 41.9. The van der Waals surface area contributed by atoms with E-state index in [4.69, 9.17) is 0 Å². The zero-order chi connectivity index (χ0) is 14.9. The van der Waals surface area contributed by atoms with Crippen LogP contribution in [0, 0.1) is 0 Å². The minimum atomic E-state index is -4.31. The Labute approximate surface area is 123 Å². The maximum Gasteiger partial charge on any atom is 0.416 e. The standard InChI is InChI=1S/C16H10F3NS/c17-16(18,19)13-8-6-11(7-9-13)14-10-15(21-20-14)12-4-2-1-3-5-12/h1-10H. The third-order valence-electron chi connectivity index (χ3n) is 3.08. The van der Waals surface area contributed by atoms with Crippen molar-refractivity contribution >= 4 is 11.5 Å². The molecule has 0 aliphatic rings. The zero-order valence-electron chi connectivity index (χ0n) is 10.8. The highest BCUT2D eigenvalue weighted by molar-refractivity contribution is 7.09. The Hall–Kier alpha value is -2.14. The maximum atomic E-state index is 12.5. The molecule has 0 bridgehead atoms. The molecule has 1 heterocycles. The van der Waals surface area contributed by atoms with Crippen molar-refractivity contribution in [1.82, 2.24) is 4.37 Å². The Kier molecular flexibility index (Phi) is 3.51. The van der Waals surface area contributed by atoms with E-state index in [-0.39, 0.29) is 0 Å². The number of hydrogen-bond donors (Lipinski definition) is 0. The van der Waals surface area contributed by atoms with Crippen molar-refractivity contribution in [2.24, 2.45) is 0 Å². The third kappa shape index (κ3) is 2.97. The molecule has 0 unspecified atom stereocenters. The quantitative estimate of drug-likeness (QED) is 0.609. The molecule has 3 rings (SSSR count). The highest BCUT2D eigenvalue weighted by Crippen LogP contribution is 2.33. The summed E-state index contributed by atoms with van der Waals surface area (Å²) in [5, 5.41) is 0. The van der Waals surface area contributed by atoms with E-state index in [0.717, 1.165) is 22.6 Å². The zero-order valence-corrected chi connectivity index (χ0v) is 11.6. The Bertz CT molecular complexity index is 730. The molecular formula is C16H10F3NS. The van der Waals surface area contributed by atoms with Crippen molar-refractivity contribution < 1.29 is 13.2 Å². The molecule has 0 fully saturated rings. The van der Waals surface area contributed by atoms with Crippen molar-refractivity contribution in [2.45, 2.75) is 6.18 Å². The molecule has 21 heavy (non-hydrogen) atoms. The molecule has 0 radical (unpaired) electrons. The maximum absolute atomic E-state index is 12.5. The third-order valence-corrected chi connectivity index (χ3v) is 3.91. The van der Waals surface area contributed by atoms with Gasteiger partial charge < -0.3 is 0 Å². The Morgan fingerprint density at radius 2 is 1.48 bits per heavy atom. The molecular weight excluding hydrogens is 295 g/mol. The van der Waals surface area contributed by atoms with E-state index in [2.05, 4.69) is 4.37 Å². The summed E-state index contributed by atoms with van der Waals surface area (Å²) in [5.74, 6) is 0. The average Bonchev–Trinajstić information content (AvgIpc) is 2.97. The van der Waals surface area contributed by atoms with Gasteiger partial charge in [-0.25, -0.2) is 0 Å². The van der Waals surface area contributed by atoms with Crippen LogP contribution >= 0.6 is 11.5 Å². The van der Waals surface area contributed by atoms with Crippen LogP contribution in [0.5, 0.6) is 0 Å². The molecule has 3 aromatic rings. The number of hydrogen-bond acceptors (Lipinski definition) is 2. The fourth-order valence-corrected chi connectivity index (χ4v) is 2.74. The summed E-state index contributed by atoms with van der Waals surface area (Å²) in [5.41, 5.74) is 1.77. The molecule has 0 N–H and O–H groups in total. The lowest BCUT2D eigenvalue weighted by atomic mass is 10.1. The fourth-order valence-electron chi connectivity index (χ4n) is 1.98. The van der Waals surface area contributed by atoms with Gasteiger partial charge in [-0.3, -0.25) is 0 Å². The van der Waals surface area contributed by atoms with Crippen molar-refractivity contribution in [3.8, 4) is 21.7 Å². The van der Waals surface area contributed by atoms with Crippen LogP contribution in [0.4, 0.5) is 13.2 Å². The highest BCUT2D eigenvalue weighted by atomic mass is 32.1. The Morgan fingerprint density at radius 3 is 2.10 bits per heavy atom. The van der Waals surface area contributed by atoms with Gasteiger partial charge in [-0.1, -0.05) is 42.5 Å². The van der Waals surface area contributed by atoms with Crippen molar-refractivity contribution in [1.29, 1.82) is 0 Å². The SMILES string of the molecule is FC(F)(F)c1ccc(-c2cc(-c3ccccc3)sn2)cc1. The monoisotopic (exact) mass is 305 g/mol. The fraction of sp³-hybridized carbons (Fsp3) is 0.0625. The van der Waals surface area contributed by atoms with Gasteiger partial charge in [0.2, 0.25) is 0 Å². The lowest BCUT2D eigenvalue weighted by Crippen LogP contribution is -2.03. The largest absolute Gasteiger partial charge is 0.416 e. The second kappa shape index (κ2) is 5.33. The van der Waals surface area contributed by atoms with Crippen LogP contribution < -0.4 is 0 Å². The number of nitrogens with zero attached hydrogens (tertiary/aromatic N) is 1. The first-order valence-electron chi connectivity index (χ1n) is 6.24. The molecule has 0 aliphatic heterocycles. The smallest absolute Gasteiger partial charge is 0.192 e. The molecule has 0 saturated carbocycles. The summed E-state index contributed by atoms with van der Waals surface area (Å²) in [6, 6.07) is 16.7. The summed E-state index contributed by atoms with van der Waals surface area (Å²) in [4.78, 5) is 0.991. The summed E-state index contributed by atoms with van der Waals surface area (Å²) in [6.07, 6.45) is -4.31. The van der Waals surface area contributed by atoms with Crippen LogP contribution in [-0.4, -0.2) is 4.37 Å². The lowest BCUT2D eigenvalue weighted by Gasteiger charge is -2.06. The topological polar surface area (TPSA) is 12.9 Å². The van der Waals surface area contributed by atoms with Gasteiger partial charge in [0.05, 0.1) is 16.1 Å². The normalized spacial score (nSPS) is 11.6. The summed E-state index contributed by atoms with van der Waals surface area (Å²) in [7, 11) is 0. The number of halogens is 3. The summed E-state index contributed by atoms with van der Waals surface area (Å²) >= 11 is 1.34. The van der Waals surface area contributed by atoms with E-state index in [1.165, 1.54) is 23.7 Å². The van der Waals surface area contributed by atoms with Crippen LogP contribution in [0.3, 0.4) is 0 Å². The first-order valence-corrected chi connectivity index (χ1v) is 7.01. The van der Waals surface area contributed by atoms with Gasteiger partial charge in [0, 0.05) is 5.56 Å². The van der Waals surface area contributed by atoms with E-state index in [0.29, 0.717) is 11.3 Å². The van der Waals surface area contributed by atoms with E-state index in [9.17, 15) is 13.2 Å². The van der Waals surface area contributed by atoms with Crippen molar-refractivity contribution in [3.63, 3.8) is 0 Å². The minimum Gasteiger partial charge on any atom is -0.192 e. The molecule has 106 valence electrons. The Morgan fingerprint density at radius 1 is 0.810 bits per heavy atom. The minimum absolute atomic E-state index is 0.648. The lowest BCUT2D eigenvalue weighted by molar-refractivity contribution is -0.137. The van der Waals surface area contributed by atoms with Gasteiger partial charge >= 0.3 is 6.18 Å². The van der Waals surface area contributed by atoms with Gasteiger partial charge in [-0.2, -0.15) is 17.5 Å². The van der Waals surface area contributed by atoms with Crippen molar-refractivity contribution in [3.05, 3.63) is 66.2 Å². The molecule has 0 amide bonds. The van der Waals surface area contributed by atoms with Crippen LogP contribution in [0.1, 0.15) is 5.56 Å². The van der Waals surface area contributed by atoms with E-state index >= 15 is 0 Å². The van der Waals surface area contributed by atoms with Gasteiger partial charge in [0.25, 0.3) is 0 Å². The number of benzene rings is 2. The first-order chi connectivity index (χ1) is 10.0. The molecule has 0 atom stereocenters. The number of rotatable bonds is 2. The highest BCUT2D eigenvalue weighted by Gasteiger charge is 2.30. The molecule has 0 saturated heterocycles.